The lowest BCUT2D eigenvalue weighted by molar-refractivity contribution is 0.670. The van der Waals surface area contributed by atoms with E-state index in [9.17, 15) is 0 Å². The molecule has 0 bridgehead atoms. The molecule has 0 saturated carbocycles. The number of benzene rings is 10. The SMILES string of the molecule is c1ccc(-c2ccccc2N(c2ccc(-c3ccc4c(ccc5c6ccccc6ccc45)c3)cc2)c2ccc(-c3cccc4c3oc3ccccc34)cc2)cc1. The van der Waals surface area contributed by atoms with Crippen molar-refractivity contribution in [3.8, 4) is 33.4 Å². The molecule has 11 aromatic rings. The van der Waals surface area contributed by atoms with Crippen molar-refractivity contribution < 1.29 is 4.42 Å². The van der Waals surface area contributed by atoms with Gasteiger partial charge in [0.05, 0.1) is 5.69 Å². The summed E-state index contributed by atoms with van der Waals surface area (Å²) in [6, 6.07) is 76.4. The number of furan rings is 1. The van der Waals surface area contributed by atoms with E-state index in [1.165, 1.54) is 54.6 Å². The van der Waals surface area contributed by atoms with Gasteiger partial charge >= 0.3 is 0 Å². The van der Waals surface area contributed by atoms with Crippen molar-refractivity contribution in [2.24, 2.45) is 0 Å². The molecule has 1 aromatic heterocycles. The van der Waals surface area contributed by atoms with Crippen LogP contribution in [0.1, 0.15) is 0 Å². The molecular weight excluding hydrogens is 679 g/mol. The lowest BCUT2D eigenvalue weighted by Gasteiger charge is -2.28. The van der Waals surface area contributed by atoms with Gasteiger partial charge < -0.3 is 9.32 Å². The Labute approximate surface area is 325 Å². The van der Waals surface area contributed by atoms with Gasteiger partial charge in [-0.25, -0.2) is 0 Å². The van der Waals surface area contributed by atoms with Gasteiger partial charge in [0.25, 0.3) is 0 Å². The van der Waals surface area contributed by atoms with Crippen LogP contribution in [0, 0.1) is 0 Å². The molecule has 11 rings (SSSR count). The van der Waals surface area contributed by atoms with Crippen LogP contribution in [0.25, 0.3) is 87.6 Å². The van der Waals surface area contributed by atoms with Crippen molar-refractivity contribution in [1.82, 2.24) is 0 Å². The summed E-state index contributed by atoms with van der Waals surface area (Å²) < 4.78 is 6.41. The average Bonchev–Trinajstić information content (AvgIpc) is 3.66. The molecule has 2 nitrogen and oxygen atoms in total. The van der Waals surface area contributed by atoms with Gasteiger partial charge in [-0.2, -0.15) is 0 Å². The molecule has 262 valence electrons. The van der Waals surface area contributed by atoms with E-state index >= 15 is 0 Å². The molecule has 10 aromatic carbocycles. The van der Waals surface area contributed by atoms with Gasteiger partial charge in [-0.3, -0.25) is 0 Å². The Kier molecular flexibility index (Phi) is 7.53. The molecule has 0 unspecified atom stereocenters. The highest BCUT2D eigenvalue weighted by Crippen LogP contribution is 2.43. The molecule has 0 aliphatic carbocycles. The number of hydrogen-bond donors (Lipinski definition) is 0. The van der Waals surface area contributed by atoms with Crippen LogP contribution in [0.4, 0.5) is 17.1 Å². The molecule has 2 heteroatoms. The maximum Gasteiger partial charge on any atom is 0.143 e. The fourth-order valence-corrected chi connectivity index (χ4v) is 8.53. The van der Waals surface area contributed by atoms with E-state index in [0.29, 0.717) is 0 Å². The number of para-hydroxylation sites is 3. The van der Waals surface area contributed by atoms with E-state index < -0.39 is 0 Å². The summed E-state index contributed by atoms with van der Waals surface area (Å²) in [6.07, 6.45) is 0. The molecule has 0 atom stereocenters. The highest BCUT2D eigenvalue weighted by Gasteiger charge is 2.19. The molecule has 0 N–H and O–H groups in total. The van der Waals surface area contributed by atoms with Crippen LogP contribution in [0.5, 0.6) is 0 Å². The molecule has 0 saturated heterocycles. The van der Waals surface area contributed by atoms with Crippen molar-refractivity contribution in [3.05, 3.63) is 212 Å². The van der Waals surface area contributed by atoms with E-state index in [1.54, 1.807) is 0 Å². The van der Waals surface area contributed by atoms with Crippen molar-refractivity contribution in [2.75, 3.05) is 4.90 Å². The van der Waals surface area contributed by atoms with Crippen molar-refractivity contribution in [3.63, 3.8) is 0 Å². The molecule has 0 spiro atoms. The van der Waals surface area contributed by atoms with Gasteiger partial charge in [0.1, 0.15) is 11.2 Å². The van der Waals surface area contributed by atoms with Crippen molar-refractivity contribution >= 4 is 71.3 Å². The zero-order valence-corrected chi connectivity index (χ0v) is 30.6. The van der Waals surface area contributed by atoms with E-state index in [4.69, 9.17) is 4.42 Å². The largest absolute Gasteiger partial charge is 0.455 e. The van der Waals surface area contributed by atoms with Crippen LogP contribution >= 0.6 is 0 Å². The molecule has 0 radical (unpaired) electrons. The predicted octanol–water partition coefficient (Wildman–Crippen LogP) is 15.5. The normalized spacial score (nSPS) is 11.6. The Morgan fingerprint density at radius 3 is 1.66 bits per heavy atom. The quantitative estimate of drug-likeness (QED) is 0.160. The van der Waals surface area contributed by atoms with Gasteiger partial charge in [0, 0.05) is 33.3 Å². The Morgan fingerprint density at radius 1 is 0.304 bits per heavy atom. The zero-order chi connectivity index (χ0) is 37.0. The topological polar surface area (TPSA) is 16.4 Å². The Balaban J connectivity index is 0.997. The molecule has 56 heavy (non-hydrogen) atoms. The first kappa shape index (κ1) is 32.0. The Bertz CT molecular complexity index is 3230. The summed E-state index contributed by atoms with van der Waals surface area (Å²) in [4.78, 5) is 2.37. The van der Waals surface area contributed by atoms with E-state index in [2.05, 4.69) is 205 Å². The number of fused-ring (bicyclic) bond motifs is 8. The minimum Gasteiger partial charge on any atom is -0.455 e. The molecular formula is C54H35NO. The minimum absolute atomic E-state index is 0.907. The van der Waals surface area contributed by atoms with E-state index in [-0.39, 0.29) is 0 Å². The predicted molar refractivity (Wildman–Crippen MR) is 237 cm³/mol. The first-order valence-electron chi connectivity index (χ1n) is 19.2. The van der Waals surface area contributed by atoms with Gasteiger partial charge in [-0.15, -0.1) is 0 Å². The summed E-state index contributed by atoms with van der Waals surface area (Å²) in [5.41, 5.74) is 12.0. The number of anilines is 3. The standard InChI is InChI=1S/C54H35NO/c1-2-11-37(12-3-1)46-15-6-8-19-52(46)55(43-30-23-39(24-31-43)47-17-10-18-51-50-16-7-9-20-53(50)56-54(47)51)42-28-21-36(22-29-42)40-26-32-45-41(35-40)27-34-48-44-14-5-4-13-38(44)25-33-49(45)48/h1-35H. The van der Waals surface area contributed by atoms with Crippen molar-refractivity contribution in [2.45, 2.75) is 0 Å². The van der Waals surface area contributed by atoms with Gasteiger partial charge in [0.15, 0.2) is 0 Å². The maximum atomic E-state index is 6.41. The van der Waals surface area contributed by atoms with Crippen molar-refractivity contribution in [1.29, 1.82) is 0 Å². The van der Waals surface area contributed by atoms with Crippen LogP contribution in [0.3, 0.4) is 0 Å². The highest BCUT2D eigenvalue weighted by atomic mass is 16.3. The minimum atomic E-state index is 0.907. The molecule has 0 aliphatic rings. The Hall–Kier alpha value is -7.42. The summed E-state index contributed by atoms with van der Waals surface area (Å²) >= 11 is 0. The fraction of sp³-hybridized carbons (Fsp3) is 0. The summed E-state index contributed by atoms with van der Waals surface area (Å²) in [5.74, 6) is 0. The second-order valence-corrected chi connectivity index (χ2v) is 14.5. The fourth-order valence-electron chi connectivity index (χ4n) is 8.53. The third kappa shape index (κ3) is 5.34. The second-order valence-electron chi connectivity index (χ2n) is 14.5. The third-order valence-corrected chi connectivity index (χ3v) is 11.3. The first-order valence-corrected chi connectivity index (χ1v) is 19.2. The zero-order valence-electron chi connectivity index (χ0n) is 30.6. The lowest BCUT2D eigenvalue weighted by Crippen LogP contribution is -2.11. The van der Waals surface area contributed by atoms with Gasteiger partial charge in [-0.1, -0.05) is 170 Å². The summed E-state index contributed by atoms with van der Waals surface area (Å²) in [7, 11) is 0. The average molecular weight is 714 g/mol. The van der Waals surface area contributed by atoms with Crippen LogP contribution in [-0.2, 0) is 0 Å². The van der Waals surface area contributed by atoms with Crippen LogP contribution in [-0.4, -0.2) is 0 Å². The van der Waals surface area contributed by atoms with Crippen LogP contribution in [0.2, 0.25) is 0 Å². The van der Waals surface area contributed by atoms with Gasteiger partial charge in [0.2, 0.25) is 0 Å². The summed E-state index contributed by atoms with van der Waals surface area (Å²) in [5, 5.41) is 9.94. The maximum absolute atomic E-state index is 6.41. The second kappa shape index (κ2) is 13.2. The third-order valence-electron chi connectivity index (χ3n) is 11.3. The Morgan fingerprint density at radius 2 is 0.857 bits per heavy atom. The molecule has 0 fully saturated rings. The highest BCUT2D eigenvalue weighted by molar-refractivity contribution is 6.17. The van der Waals surface area contributed by atoms with Gasteiger partial charge in [-0.05, 0) is 97.0 Å². The van der Waals surface area contributed by atoms with E-state index in [0.717, 1.165) is 50.1 Å². The van der Waals surface area contributed by atoms with E-state index in [1.807, 2.05) is 12.1 Å². The van der Waals surface area contributed by atoms with Crippen LogP contribution in [0.15, 0.2) is 217 Å². The molecule has 0 amide bonds. The lowest BCUT2D eigenvalue weighted by atomic mass is 9.94. The first-order chi connectivity index (χ1) is 27.8. The molecule has 0 aliphatic heterocycles. The number of rotatable bonds is 6. The number of hydrogen-bond acceptors (Lipinski definition) is 2. The van der Waals surface area contributed by atoms with Crippen LogP contribution < -0.4 is 4.90 Å². The number of nitrogens with zero attached hydrogens (tertiary/aromatic N) is 1. The monoisotopic (exact) mass is 713 g/mol. The summed E-state index contributed by atoms with van der Waals surface area (Å²) in [6.45, 7) is 0. The molecule has 1 heterocycles. The smallest absolute Gasteiger partial charge is 0.143 e.